The van der Waals surface area contributed by atoms with Gasteiger partial charge in [-0.15, -0.1) is 0 Å². The topological polar surface area (TPSA) is 111 Å². The van der Waals surface area contributed by atoms with E-state index in [1.807, 2.05) is 0 Å². The number of likely N-dealkylation sites (N-methyl/N-ethyl adjacent to an activating group) is 1. The molecule has 1 heterocycles. The summed E-state index contributed by atoms with van der Waals surface area (Å²) in [4.78, 5) is 24.0. The fourth-order valence-electron chi connectivity index (χ4n) is 1.18. The van der Waals surface area contributed by atoms with Gasteiger partial charge in [0, 0.05) is 7.05 Å². The van der Waals surface area contributed by atoms with Gasteiger partial charge in [0.1, 0.15) is 11.5 Å². The molecule has 0 saturated carbocycles. The van der Waals surface area contributed by atoms with Crippen LogP contribution in [0.4, 0.5) is 0 Å². The van der Waals surface area contributed by atoms with Crippen LogP contribution in [0.5, 0.6) is 0 Å². The second-order valence-corrected chi connectivity index (χ2v) is 3.04. The summed E-state index contributed by atoms with van der Waals surface area (Å²) in [5.41, 5.74) is 10.8. The number of nitrogens with zero attached hydrogens (tertiary/aromatic N) is 1. The third-order valence-corrected chi connectivity index (χ3v) is 2.07. The van der Waals surface area contributed by atoms with Gasteiger partial charge in [-0.25, -0.2) is 4.79 Å². The van der Waals surface area contributed by atoms with Crippen LogP contribution in [0.3, 0.4) is 0 Å². The van der Waals surface area contributed by atoms with Gasteiger partial charge in [0.15, 0.2) is 0 Å². The van der Waals surface area contributed by atoms with E-state index in [4.69, 9.17) is 16.2 Å². The zero-order valence-corrected chi connectivity index (χ0v) is 8.61. The third kappa shape index (κ3) is 1.95. The summed E-state index contributed by atoms with van der Waals surface area (Å²) in [6.07, 6.45) is -0.912. The van der Waals surface area contributed by atoms with Crippen molar-refractivity contribution in [3.05, 3.63) is 11.5 Å². The largest absolute Gasteiger partial charge is 0.463 e. The zero-order valence-electron chi connectivity index (χ0n) is 8.61. The van der Waals surface area contributed by atoms with Crippen molar-refractivity contribution in [2.24, 2.45) is 11.5 Å². The second kappa shape index (κ2) is 4.07. The lowest BCUT2D eigenvalue weighted by atomic mass is 10.2. The van der Waals surface area contributed by atoms with Crippen molar-refractivity contribution in [2.75, 3.05) is 13.7 Å². The summed E-state index contributed by atoms with van der Waals surface area (Å²) in [7, 11) is 1.54. The molecule has 84 valence electrons. The lowest BCUT2D eigenvalue weighted by Crippen LogP contribution is -2.58. The predicted molar refractivity (Wildman–Crippen MR) is 51.7 cm³/mol. The van der Waals surface area contributed by atoms with Crippen molar-refractivity contribution in [3.63, 3.8) is 0 Å². The van der Waals surface area contributed by atoms with Crippen LogP contribution in [0.15, 0.2) is 11.5 Å². The quantitative estimate of drug-likeness (QED) is 0.459. The van der Waals surface area contributed by atoms with Crippen LogP contribution >= 0.6 is 0 Å². The highest BCUT2D eigenvalue weighted by molar-refractivity contribution is 5.97. The SMILES string of the molecule is CCOC(=O)C1NC(=O)C(N)=C(N)N1C. The van der Waals surface area contributed by atoms with Gasteiger partial charge in [-0.3, -0.25) is 4.79 Å². The Morgan fingerprint density at radius 1 is 1.60 bits per heavy atom. The summed E-state index contributed by atoms with van der Waals surface area (Å²) in [5.74, 6) is -1.07. The molecule has 0 bridgehead atoms. The molecule has 0 fully saturated rings. The molecule has 0 aromatic rings. The molecule has 1 rings (SSSR count). The number of nitrogens with one attached hydrogen (secondary N) is 1. The van der Waals surface area contributed by atoms with Crippen LogP contribution in [0.2, 0.25) is 0 Å². The van der Waals surface area contributed by atoms with Crippen molar-refractivity contribution in [3.8, 4) is 0 Å². The Labute approximate surface area is 87.0 Å². The average molecular weight is 214 g/mol. The molecular formula is C8H14N4O3. The molecule has 1 unspecified atom stereocenters. The molecule has 0 radical (unpaired) electrons. The molecule has 7 heteroatoms. The maximum atomic E-state index is 11.4. The summed E-state index contributed by atoms with van der Waals surface area (Å²) < 4.78 is 4.77. The molecule has 0 aromatic carbocycles. The number of carbonyl (C=O) groups is 2. The van der Waals surface area contributed by atoms with Crippen LogP contribution in [0.25, 0.3) is 0 Å². The fraction of sp³-hybridized carbons (Fsp3) is 0.500. The lowest BCUT2D eigenvalue weighted by molar-refractivity contribution is -0.152. The Balaban J connectivity index is 2.88. The van der Waals surface area contributed by atoms with Crippen LogP contribution in [-0.4, -0.2) is 36.6 Å². The number of hydrogen-bond donors (Lipinski definition) is 3. The molecule has 15 heavy (non-hydrogen) atoms. The van der Waals surface area contributed by atoms with Crippen LogP contribution in [-0.2, 0) is 14.3 Å². The molecule has 1 aliphatic heterocycles. The summed E-state index contributed by atoms with van der Waals surface area (Å²) in [6.45, 7) is 1.91. The molecule has 0 aliphatic carbocycles. The van der Waals surface area contributed by atoms with Crippen molar-refractivity contribution >= 4 is 11.9 Å². The number of nitrogens with two attached hydrogens (primary N) is 2. The van der Waals surface area contributed by atoms with Gasteiger partial charge in [-0.05, 0) is 6.92 Å². The van der Waals surface area contributed by atoms with E-state index >= 15 is 0 Å². The molecule has 5 N–H and O–H groups in total. The Hall–Kier alpha value is -1.92. The van der Waals surface area contributed by atoms with E-state index in [1.165, 1.54) is 4.90 Å². The van der Waals surface area contributed by atoms with Gasteiger partial charge < -0.3 is 26.4 Å². The fourth-order valence-corrected chi connectivity index (χ4v) is 1.18. The molecule has 0 spiro atoms. The molecule has 1 atom stereocenters. The summed E-state index contributed by atoms with van der Waals surface area (Å²) >= 11 is 0. The van der Waals surface area contributed by atoms with Crippen LogP contribution in [0, 0.1) is 0 Å². The van der Waals surface area contributed by atoms with Crippen LogP contribution < -0.4 is 16.8 Å². The van der Waals surface area contributed by atoms with E-state index in [0.717, 1.165) is 0 Å². The normalized spacial score (nSPS) is 21.3. The maximum absolute atomic E-state index is 11.4. The number of ether oxygens (including phenoxy) is 1. The second-order valence-electron chi connectivity index (χ2n) is 3.04. The van der Waals surface area contributed by atoms with Gasteiger partial charge in [0.05, 0.1) is 6.61 Å². The standard InChI is InChI=1S/C8H14N4O3/c1-3-15-8(14)6-11-7(13)4(9)5(10)12(6)2/h6H,3,9-10H2,1-2H3,(H,11,13). The number of carbonyl (C=O) groups excluding carboxylic acids is 2. The van der Waals surface area contributed by atoms with E-state index in [1.54, 1.807) is 14.0 Å². The molecule has 1 aliphatic rings. The van der Waals surface area contributed by atoms with Gasteiger partial charge in [-0.1, -0.05) is 0 Å². The minimum Gasteiger partial charge on any atom is -0.463 e. The number of amides is 1. The Morgan fingerprint density at radius 3 is 2.73 bits per heavy atom. The van der Waals surface area contributed by atoms with Crippen molar-refractivity contribution in [1.82, 2.24) is 10.2 Å². The molecule has 0 saturated heterocycles. The summed E-state index contributed by atoms with van der Waals surface area (Å²) in [6, 6.07) is 0. The first-order chi connectivity index (χ1) is 6.99. The van der Waals surface area contributed by atoms with Crippen LogP contribution in [0.1, 0.15) is 6.92 Å². The van der Waals surface area contributed by atoms with Crippen molar-refractivity contribution in [2.45, 2.75) is 13.1 Å². The molecule has 0 aromatic heterocycles. The minimum atomic E-state index is -0.912. The highest BCUT2D eigenvalue weighted by Gasteiger charge is 2.33. The Morgan fingerprint density at radius 2 is 2.20 bits per heavy atom. The monoisotopic (exact) mass is 214 g/mol. The molecular weight excluding hydrogens is 200 g/mol. The number of hydrogen-bond acceptors (Lipinski definition) is 6. The van der Waals surface area contributed by atoms with E-state index in [9.17, 15) is 9.59 Å². The summed E-state index contributed by atoms with van der Waals surface area (Å²) in [5, 5.41) is 2.38. The molecule has 7 nitrogen and oxygen atoms in total. The van der Waals surface area contributed by atoms with Gasteiger partial charge >= 0.3 is 5.97 Å². The molecule has 1 amide bonds. The van der Waals surface area contributed by atoms with E-state index in [2.05, 4.69) is 5.32 Å². The van der Waals surface area contributed by atoms with E-state index < -0.39 is 18.0 Å². The first kappa shape index (κ1) is 11.2. The van der Waals surface area contributed by atoms with Gasteiger partial charge in [-0.2, -0.15) is 0 Å². The highest BCUT2D eigenvalue weighted by atomic mass is 16.5. The predicted octanol–water partition coefficient (Wildman–Crippen LogP) is -1.98. The Bertz CT molecular complexity index is 326. The first-order valence-electron chi connectivity index (χ1n) is 4.44. The van der Waals surface area contributed by atoms with Gasteiger partial charge in [0.25, 0.3) is 5.91 Å². The third-order valence-electron chi connectivity index (χ3n) is 2.07. The number of esters is 1. The van der Waals surface area contributed by atoms with Gasteiger partial charge in [0.2, 0.25) is 6.17 Å². The first-order valence-corrected chi connectivity index (χ1v) is 4.44. The highest BCUT2D eigenvalue weighted by Crippen LogP contribution is 2.10. The lowest BCUT2D eigenvalue weighted by Gasteiger charge is -2.33. The zero-order chi connectivity index (χ0) is 11.6. The van der Waals surface area contributed by atoms with E-state index in [0.29, 0.717) is 0 Å². The van der Waals surface area contributed by atoms with E-state index in [-0.39, 0.29) is 18.1 Å². The minimum absolute atomic E-state index is 0.0665. The average Bonchev–Trinajstić information content (AvgIpc) is 2.20. The maximum Gasteiger partial charge on any atom is 0.349 e. The smallest absolute Gasteiger partial charge is 0.349 e. The van der Waals surface area contributed by atoms with Crippen molar-refractivity contribution < 1.29 is 14.3 Å². The van der Waals surface area contributed by atoms with Crippen molar-refractivity contribution in [1.29, 1.82) is 0 Å². The Kier molecular flexibility index (Phi) is 3.03. The number of rotatable bonds is 2.